The van der Waals surface area contributed by atoms with Crippen LogP contribution in [0.4, 0.5) is 0 Å². The largest absolute Gasteiger partial charge is 0.318 e. The van der Waals surface area contributed by atoms with Gasteiger partial charge in [-0.05, 0) is 44.2 Å². The lowest BCUT2D eigenvalue weighted by Gasteiger charge is -2.28. The zero-order chi connectivity index (χ0) is 12.1. The molecule has 1 aromatic heterocycles. The second kappa shape index (κ2) is 6.15. The first-order valence-corrected chi connectivity index (χ1v) is 6.88. The van der Waals surface area contributed by atoms with Crippen LogP contribution in [0.1, 0.15) is 38.9 Å². The molecule has 0 bridgehead atoms. The lowest BCUT2D eigenvalue weighted by atomic mass is 9.85. The molecule has 2 rings (SSSR count). The van der Waals surface area contributed by atoms with E-state index in [0.717, 1.165) is 31.1 Å². The van der Waals surface area contributed by atoms with E-state index in [1.165, 1.54) is 25.9 Å². The van der Waals surface area contributed by atoms with E-state index >= 15 is 0 Å². The summed E-state index contributed by atoms with van der Waals surface area (Å²) in [7, 11) is 0. The standard InChI is InChI=1S/C13H24N4/c1-3-7-17-10-15-16-13(17)8-11(2)12-5-4-6-14-9-12/h10-12,14H,3-9H2,1-2H3. The first kappa shape index (κ1) is 12.6. The quantitative estimate of drug-likeness (QED) is 0.848. The molecular formula is C13H24N4. The van der Waals surface area contributed by atoms with Crippen LogP contribution >= 0.6 is 0 Å². The Hall–Kier alpha value is -0.900. The molecule has 1 N–H and O–H groups in total. The van der Waals surface area contributed by atoms with Gasteiger partial charge in [0.15, 0.2) is 0 Å². The molecular weight excluding hydrogens is 212 g/mol. The smallest absolute Gasteiger partial charge is 0.133 e. The molecule has 4 heteroatoms. The van der Waals surface area contributed by atoms with Crippen molar-refractivity contribution < 1.29 is 0 Å². The number of aromatic nitrogens is 3. The SMILES string of the molecule is CCCn1cnnc1CC(C)C1CCCNC1. The molecule has 1 fully saturated rings. The number of hydrogen-bond donors (Lipinski definition) is 1. The van der Waals surface area contributed by atoms with Gasteiger partial charge >= 0.3 is 0 Å². The van der Waals surface area contributed by atoms with Crippen LogP contribution in [-0.4, -0.2) is 27.9 Å². The van der Waals surface area contributed by atoms with E-state index in [2.05, 4.69) is 33.9 Å². The van der Waals surface area contributed by atoms with E-state index in [9.17, 15) is 0 Å². The van der Waals surface area contributed by atoms with Gasteiger partial charge < -0.3 is 9.88 Å². The molecule has 0 saturated carbocycles. The summed E-state index contributed by atoms with van der Waals surface area (Å²) in [5.41, 5.74) is 0. The fourth-order valence-corrected chi connectivity index (χ4v) is 2.68. The fraction of sp³-hybridized carbons (Fsp3) is 0.846. The zero-order valence-electron chi connectivity index (χ0n) is 11.0. The van der Waals surface area contributed by atoms with Gasteiger partial charge in [-0.2, -0.15) is 0 Å². The Morgan fingerprint density at radius 2 is 2.47 bits per heavy atom. The van der Waals surface area contributed by atoms with Gasteiger partial charge in [-0.15, -0.1) is 10.2 Å². The zero-order valence-corrected chi connectivity index (χ0v) is 11.0. The fourth-order valence-electron chi connectivity index (χ4n) is 2.68. The second-order valence-corrected chi connectivity index (χ2v) is 5.23. The summed E-state index contributed by atoms with van der Waals surface area (Å²) in [6.07, 6.45) is 6.74. The molecule has 1 aromatic rings. The van der Waals surface area contributed by atoms with Gasteiger partial charge in [0.2, 0.25) is 0 Å². The normalized spacial score (nSPS) is 22.6. The van der Waals surface area contributed by atoms with Crippen LogP contribution in [0.2, 0.25) is 0 Å². The topological polar surface area (TPSA) is 42.7 Å². The summed E-state index contributed by atoms with van der Waals surface area (Å²) in [6, 6.07) is 0. The van der Waals surface area contributed by atoms with Crippen LogP contribution in [0.3, 0.4) is 0 Å². The van der Waals surface area contributed by atoms with Gasteiger partial charge in [0.25, 0.3) is 0 Å². The summed E-state index contributed by atoms with van der Waals surface area (Å²) in [5, 5.41) is 11.8. The van der Waals surface area contributed by atoms with Crippen molar-refractivity contribution in [1.82, 2.24) is 20.1 Å². The molecule has 17 heavy (non-hydrogen) atoms. The lowest BCUT2D eigenvalue weighted by Crippen LogP contribution is -2.34. The van der Waals surface area contributed by atoms with Crippen molar-refractivity contribution >= 4 is 0 Å². The molecule has 0 spiro atoms. The monoisotopic (exact) mass is 236 g/mol. The van der Waals surface area contributed by atoms with E-state index in [4.69, 9.17) is 0 Å². The van der Waals surface area contributed by atoms with Crippen LogP contribution < -0.4 is 5.32 Å². The lowest BCUT2D eigenvalue weighted by molar-refractivity contribution is 0.274. The number of nitrogens with one attached hydrogen (secondary N) is 1. The van der Waals surface area contributed by atoms with E-state index in [1.54, 1.807) is 0 Å². The molecule has 1 aliphatic heterocycles. The van der Waals surface area contributed by atoms with Crippen molar-refractivity contribution in [3.8, 4) is 0 Å². The molecule has 2 atom stereocenters. The molecule has 2 unspecified atom stereocenters. The van der Waals surface area contributed by atoms with Crippen LogP contribution in [-0.2, 0) is 13.0 Å². The number of piperidine rings is 1. The van der Waals surface area contributed by atoms with E-state index in [0.29, 0.717) is 5.92 Å². The molecule has 96 valence electrons. The average molecular weight is 236 g/mol. The van der Waals surface area contributed by atoms with Crippen molar-refractivity contribution in [2.75, 3.05) is 13.1 Å². The van der Waals surface area contributed by atoms with Crippen molar-refractivity contribution in [2.24, 2.45) is 11.8 Å². The minimum atomic E-state index is 0.697. The van der Waals surface area contributed by atoms with E-state index in [-0.39, 0.29) is 0 Å². The summed E-state index contributed by atoms with van der Waals surface area (Å²) in [4.78, 5) is 0. The molecule has 1 aliphatic rings. The molecule has 0 aliphatic carbocycles. The predicted molar refractivity (Wildman–Crippen MR) is 68.8 cm³/mol. The maximum absolute atomic E-state index is 4.26. The highest BCUT2D eigenvalue weighted by atomic mass is 15.3. The Bertz CT molecular complexity index is 328. The highest BCUT2D eigenvalue weighted by Crippen LogP contribution is 2.22. The third-order valence-corrected chi connectivity index (χ3v) is 3.80. The van der Waals surface area contributed by atoms with Gasteiger partial charge in [0.1, 0.15) is 12.2 Å². The molecule has 2 heterocycles. The van der Waals surface area contributed by atoms with Crippen LogP contribution in [0.25, 0.3) is 0 Å². The maximum atomic E-state index is 4.26. The predicted octanol–water partition coefficient (Wildman–Crippen LogP) is 1.87. The first-order chi connectivity index (χ1) is 8.31. The number of rotatable bonds is 5. The summed E-state index contributed by atoms with van der Waals surface area (Å²) < 4.78 is 2.20. The second-order valence-electron chi connectivity index (χ2n) is 5.23. The van der Waals surface area contributed by atoms with Crippen LogP contribution in [0.5, 0.6) is 0 Å². The number of aryl methyl sites for hydroxylation is 1. The van der Waals surface area contributed by atoms with Gasteiger partial charge in [0.05, 0.1) is 0 Å². The number of hydrogen-bond acceptors (Lipinski definition) is 3. The maximum Gasteiger partial charge on any atom is 0.133 e. The Morgan fingerprint density at radius 3 is 3.18 bits per heavy atom. The molecule has 4 nitrogen and oxygen atoms in total. The summed E-state index contributed by atoms with van der Waals surface area (Å²) in [6.45, 7) is 7.94. The Morgan fingerprint density at radius 1 is 1.59 bits per heavy atom. The Labute approximate surface area is 104 Å². The Kier molecular flexibility index (Phi) is 4.54. The molecule has 1 saturated heterocycles. The van der Waals surface area contributed by atoms with Gasteiger partial charge in [-0.1, -0.05) is 13.8 Å². The average Bonchev–Trinajstić information content (AvgIpc) is 2.78. The van der Waals surface area contributed by atoms with Gasteiger partial charge in [0, 0.05) is 13.0 Å². The summed E-state index contributed by atoms with van der Waals surface area (Å²) >= 11 is 0. The van der Waals surface area contributed by atoms with E-state index < -0.39 is 0 Å². The van der Waals surface area contributed by atoms with Gasteiger partial charge in [-0.3, -0.25) is 0 Å². The third-order valence-electron chi connectivity index (χ3n) is 3.80. The Balaban J connectivity index is 1.92. The number of nitrogens with zero attached hydrogens (tertiary/aromatic N) is 3. The first-order valence-electron chi connectivity index (χ1n) is 6.88. The minimum Gasteiger partial charge on any atom is -0.318 e. The summed E-state index contributed by atoms with van der Waals surface area (Å²) in [5.74, 6) is 2.66. The van der Waals surface area contributed by atoms with Crippen molar-refractivity contribution in [3.05, 3.63) is 12.2 Å². The van der Waals surface area contributed by atoms with Crippen molar-refractivity contribution in [2.45, 2.75) is 46.1 Å². The highest BCUT2D eigenvalue weighted by Gasteiger charge is 2.21. The van der Waals surface area contributed by atoms with Crippen LogP contribution in [0.15, 0.2) is 6.33 Å². The minimum absolute atomic E-state index is 0.697. The van der Waals surface area contributed by atoms with Crippen molar-refractivity contribution in [3.63, 3.8) is 0 Å². The molecule has 0 amide bonds. The molecule has 0 aromatic carbocycles. The molecule has 0 radical (unpaired) electrons. The highest BCUT2D eigenvalue weighted by molar-refractivity contribution is 4.90. The van der Waals surface area contributed by atoms with Gasteiger partial charge in [-0.25, -0.2) is 0 Å². The van der Waals surface area contributed by atoms with Crippen LogP contribution in [0, 0.1) is 11.8 Å². The van der Waals surface area contributed by atoms with Crippen molar-refractivity contribution in [1.29, 1.82) is 0 Å². The third kappa shape index (κ3) is 3.28. The van der Waals surface area contributed by atoms with E-state index in [1.807, 2.05) is 6.33 Å².